The standard InChI is InChI=1S/C13H25N3O2/c1-9-6-11(7-10(2)18-9)16-5-4-15-8-12(16)13(17)14-3/h9-12,15H,4-8H2,1-3H3,(H,14,17). The third-order valence-corrected chi connectivity index (χ3v) is 3.98. The van der Waals surface area contributed by atoms with Crippen LogP contribution >= 0.6 is 0 Å². The Morgan fingerprint density at radius 2 is 2.00 bits per heavy atom. The van der Waals surface area contributed by atoms with Crippen molar-refractivity contribution in [3.05, 3.63) is 0 Å². The summed E-state index contributed by atoms with van der Waals surface area (Å²) in [7, 11) is 1.71. The Balaban J connectivity index is 2.05. The number of piperazine rings is 1. The van der Waals surface area contributed by atoms with Gasteiger partial charge in [0.15, 0.2) is 0 Å². The lowest BCUT2D eigenvalue weighted by atomic mass is 9.95. The summed E-state index contributed by atoms with van der Waals surface area (Å²) in [6.45, 7) is 6.91. The predicted octanol–water partition coefficient (Wildman–Crippen LogP) is -0.0378. The second kappa shape index (κ2) is 5.99. The van der Waals surface area contributed by atoms with Crippen LogP contribution in [0, 0.1) is 0 Å². The Bertz CT molecular complexity index is 288. The van der Waals surface area contributed by atoms with Gasteiger partial charge in [-0.3, -0.25) is 9.69 Å². The summed E-state index contributed by atoms with van der Waals surface area (Å²) in [5.74, 6) is 0.119. The van der Waals surface area contributed by atoms with Crippen LogP contribution in [0.5, 0.6) is 0 Å². The fourth-order valence-corrected chi connectivity index (χ4v) is 3.21. The molecule has 104 valence electrons. The van der Waals surface area contributed by atoms with Crippen molar-refractivity contribution in [2.24, 2.45) is 0 Å². The van der Waals surface area contributed by atoms with E-state index in [1.165, 1.54) is 0 Å². The molecule has 2 saturated heterocycles. The van der Waals surface area contributed by atoms with Gasteiger partial charge in [-0.05, 0) is 26.7 Å². The molecule has 2 rings (SSSR count). The van der Waals surface area contributed by atoms with Gasteiger partial charge in [0.2, 0.25) is 5.91 Å². The van der Waals surface area contributed by atoms with Gasteiger partial charge in [0.25, 0.3) is 0 Å². The number of nitrogens with zero attached hydrogens (tertiary/aromatic N) is 1. The lowest BCUT2D eigenvalue weighted by Crippen LogP contribution is -2.61. The van der Waals surface area contributed by atoms with Crippen molar-refractivity contribution in [2.45, 2.75) is 51.0 Å². The number of nitrogens with one attached hydrogen (secondary N) is 2. The summed E-state index contributed by atoms with van der Waals surface area (Å²) in [6.07, 6.45) is 2.63. The van der Waals surface area contributed by atoms with Crippen molar-refractivity contribution in [3.8, 4) is 0 Å². The average Bonchev–Trinajstić information content (AvgIpc) is 2.36. The first-order chi connectivity index (χ1) is 8.61. The molecule has 0 aromatic carbocycles. The van der Waals surface area contributed by atoms with Crippen molar-refractivity contribution in [1.29, 1.82) is 0 Å². The molecule has 0 aromatic heterocycles. The van der Waals surface area contributed by atoms with Crippen LogP contribution in [0.25, 0.3) is 0 Å². The number of rotatable bonds is 2. The maximum Gasteiger partial charge on any atom is 0.238 e. The molecule has 5 nitrogen and oxygen atoms in total. The predicted molar refractivity (Wildman–Crippen MR) is 70.5 cm³/mol. The number of carbonyl (C=O) groups excluding carboxylic acids is 1. The summed E-state index contributed by atoms with van der Waals surface area (Å²) in [4.78, 5) is 14.3. The van der Waals surface area contributed by atoms with Crippen molar-refractivity contribution in [1.82, 2.24) is 15.5 Å². The molecule has 2 aliphatic heterocycles. The molecule has 5 heteroatoms. The van der Waals surface area contributed by atoms with E-state index in [1.54, 1.807) is 7.05 Å². The highest BCUT2D eigenvalue weighted by Gasteiger charge is 2.36. The van der Waals surface area contributed by atoms with Crippen molar-refractivity contribution >= 4 is 5.91 Å². The topological polar surface area (TPSA) is 53.6 Å². The zero-order valence-electron chi connectivity index (χ0n) is 11.6. The molecule has 0 bridgehead atoms. The lowest BCUT2D eigenvalue weighted by molar-refractivity contribution is -0.131. The van der Waals surface area contributed by atoms with E-state index in [4.69, 9.17) is 4.74 Å². The van der Waals surface area contributed by atoms with Crippen LogP contribution in [0.3, 0.4) is 0 Å². The van der Waals surface area contributed by atoms with E-state index in [9.17, 15) is 4.79 Å². The molecule has 0 aromatic rings. The van der Waals surface area contributed by atoms with E-state index in [0.717, 1.165) is 32.5 Å². The van der Waals surface area contributed by atoms with E-state index in [2.05, 4.69) is 29.4 Å². The number of hydrogen-bond donors (Lipinski definition) is 2. The third kappa shape index (κ3) is 3.02. The minimum atomic E-state index is -0.0359. The highest BCUT2D eigenvalue weighted by atomic mass is 16.5. The van der Waals surface area contributed by atoms with Crippen molar-refractivity contribution in [2.75, 3.05) is 26.7 Å². The summed E-state index contributed by atoms with van der Waals surface area (Å²) < 4.78 is 5.79. The van der Waals surface area contributed by atoms with Gasteiger partial charge in [-0.15, -0.1) is 0 Å². The summed E-state index contributed by atoms with van der Waals surface area (Å²) >= 11 is 0. The average molecular weight is 255 g/mol. The molecule has 3 unspecified atom stereocenters. The Labute approximate surface area is 109 Å². The molecule has 0 spiro atoms. The highest BCUT2D eigenvalue weighted by Crippen LogP contribution is 2.25. The molecule has 2 N–H and O–H groups in total. The second-order valence-corrected chi connectivity index (χ2v) is 5.45. The van der Waals surface area contributed by atoms with E-state index < -0.39 is 0 Å². The van der Waals surface area contributed by atoms with Gasteiger partial charge in [-0.25, -0.2) is 0 Å². The van der Waals surface area contributed by atoms with E-state index in [-0.39, 0.29) is 11.9 Å². The molecule has 1 amide bonds. The SMILES string of the molecule is CNC(=O)C1CNCCN1C1CC(C)OC(C)C1. The Morgan fingerprint density at radius 3 is 2.61 bits per heavy atom. The Hall–Kier alpha value is -0.650. The first kappa shape index (κ1) is 13.8. The zero-order valence-corrected chi connectivity index (χ0v) is 11.6. The molecule has 0 saturated carbocycles. The summed E-state index contributed by atoms with van der Waals surface area (Å²) in [5, 5.41) is 6.08. The maximum atomic E-state index is 12.0. The van der Waals surface area contributed by atoms with Gasteiger partial charge in [0.05, 0.1) is 12.2 Å². The molecule has 18 heavy (non-hydrogen) atoms. The van der Waals surface area contributed by atoms with E-state index in [1.807, 2.05) is 0 Å². The van der Waals surface area contributed by atoms with Crippen molar-refractivity contribution < 1.29 is 9.53 Å². The van der Waals surface area contributed by atoms with Crippen LogP contribution in [0.1, 0.15) is 26.7 Å². The largest absolute Gasteiger partial charge is 0.375 e. The third-order valence-electron chi connectivity index (χ3n) is 3.98. The van der Waals surface area contributed by atoms with Gasteiger partial charge in [-0.2, -0.15) is 0 Å². The van der Waals surface area contributed by atoms with Crippen LogP contribution in [0.4, 0.5) is 0 Å². The minimum absolute atomic E-state index is 0.0359. The Morgan fingerprint density at radius 1 is 1.33 bits per heavy atom. The highest BCUT2D eigenvalue weighted by molar-refractivity contribution is 5.81. The number of carbonyl (C=O) groups is 1. The van der Waals surface area contributed by atoms with Gasteiger partial charge in [0, 0.05) is 32.7 Å². The van der Waals surface area contributed by atoms with Gasteiger partial charge < -0.3 is 15.4 Å². The van der Waals surface area contributed by atoms with Gasteiger partial charge in [0.1, 0.15) is 6.04 Å². The monoisotopic (exact) mass is 255 g/mol. The number of amides is 1. The first-order valence-corrected chi connectivity index (χ1v) is 6.95. The van der Waals surface area contributed by atoms with E-state index in [0.29, 0.717) is 18.2 Å². The molecule has 3 atom stereocenters. The molecule has 0 aliphatic carbocycles. The van der Waals surface area contributed by atoms with Gasteiger partial charge >= 0.3 is 0 Å². The molecule has 2 aliphatic rings. The van der Waals surface area contributed by atoms with Crippen LogP contribution in [0.2, 0.25) is 0 Å². The zero-order chi connectivity index (χ0) is 13.1. The summed E-state index contributed by atoms with van der Waals surface area (Å²) in [6, 6.07) is 0.430. The van der Waals surface area contributed by atoms with Crippen LogP contribution in [0.15, 0.2) is 0 Å². The number of likely N-dealkylation sites (N-methyl/N-ethyl adjacent to an activating group) is 1. The Kier molecular flexibility index (Phi) is 4.59. The first-order valence-electron chi connectivity index (χ1n) is 6.95. The minimum Gasteiger partial charge on any atom is -0.375 e. The molecule has 2 heterocycles. The molecule has 2 fully saturated rings. The molecular formula is C13H25N3O2. The van der Waals surface area contributed by atoms with E-state index >= 15 is 0 Å². The van der Waals surface area contributed by atoms with Crippen LogP contribution in [-0.2, 0) is 9.53 Å². The fraction of sp³-hybridized carbons (Fsp3) is 0.923. The number of ether oxygens (including phenoxy) is 1. The molecule has 0 radical (unpaired) electrons. The lowest BCUT2D eigenvalue weighted by Gasteiger charge is -2.44. The normalized spacial score (nSPS) is 38.4. The van der Waals surface area contributed by atoms with Crippen molar-refractivity contribution in [3.63, 3.8) is 0 Å². The second-order valence-electron chi connectivity index (χ2n) is 5.45. The quantitative estimate of drug-likeness (QED) is 0.727. The molecular weight excluding hydrogens is 230 g/mol. The van der Waals surface area contributed by atoms with Gasteiger partial charge in [-0.1, -0.05) is 0 Å². The number of hydrogen-bond acceptors (Lipinski definition) is 4. The smallest absolute Gasteiger partial charge is 0.238 e. The maximum absolute atomic E-state index is 12.0. The van der Waals surface area contributed by atoms with Crippen LogP contribution < -0.4 is 10.6 Å². The fourth-order valence-electron chi connectivity index (χ4n) is 3.21. The summed E-state index contributed by atoms with van der Waals surface area (Å²) in [5.41, 5.74) is 0. The van der Waals surface area contributed by atoms with Crippen LogP contribution in [-0.4, -0.2) is 61.8 Å².